The van der Waals surface area contributed by atoms with Crippen molar-refractivity contribution in [2.24, 2.45) is 0 Å². The van der Waals surface area contributed by atoms with E-state index in [0.717, 1.165) is 16.6 Å². The molecular weight excluding hydrogens is 414 g/mol. The molecule has 1 aliphatic rings. The fourth-order valence-electron chi connectivity index (χ4n) is 2.66. The van der Waals surface area contributed by atoms with Gasteiger partial charge in [0, 0.05) is 43.4 Å². The Bertz CT molecular complexity index is 806. The summed E-state index contributed by atoms with van der Waals surface area (Å²) >= 11 is 9.12. The fourth-order valence-corrected chi connectivity index (χ4v) is 4.79. The lowest BCUT2D eigenvalue weighted by atomic mass is 10.2. The van der Waals surface area contributed by atoms with E-state index in [1.807, 2.05) is 12.1 Å². The molecule has 24 heavy (non-hydrogen) atoms. The van der Waals surface area contributed by atoms with Gasteiger partial charge in [-0.25, -0.2) is 13.4 Å². The minimum Gasteiger partial charge on any atom is -0.296 e. The van der Waals surface area contributed by atoms with Gasteiger partial charge in [0.1, 0.15) is 5.15 Å². The van der Waals surface area contributed by atoms with Crippen LogP contribution in [0.2, 0.25) is 5.15 Å². The van der Waals surface area contributed by atoms with Crippen molar-refractivity contribution in [3.63, 3.8) is 0 Å². The summed E-state index contributed by atoms with van der Waals surface area (Å²) in [4.78, 5) is 6.62. The summed E-state index contributed by atoms with van der Waals surface area (Å²) < 4.78 is 27.7. The van der Waals surface area contributed by atoms with Crippen molar-refractivity contribution in [1.82, 2.24) is 14.2 Å². The average Bonchev–Trinajstić information content (AvgIpc) is 2.57. The molecule has 0 atom stereocenters. The van der Waals surface area contributed by atoms with Gasteiger partial charge in [-0.2, -0.15) is 4.31 Å². The normalized spacial score (nSPS) is 17.1. The first-order chi connectivity index (χ1) is 11.4. The predicted octanol–water partition coefficient (Wildman–Crippen LogP) is 3.00. The number of aromatic nitrogens is 1. The molecule has 1 aliphatic heterocycles. The highest BCUT2D eigenvalue weighted by Crippen LogP contribution is 2.21. The summed E-state index contributed by atoms with van der Waals surface area (Å²) in [5.74, 6) is 0. The van der Waals surface area contributed by atoms with E-state index in [0.29, 0.717) is 36.2 Å². The number of sulfonamides is 1. The van der Waals surface area contributed by atoms with E-state index in [9.17, 15) is 8.42 Å². The Morgan fingerprint density at radius 1 is 1.12 bits per heavy atom. The summed E-state index contributed by atoms with van der Waals surface area (Å²) in [7, 11) is -3.44. The van der Waals surface area contributed by atoms with Gasteiger partial charge in [-0.05, 0) is 29.8 Å². The van der Waals surface area contributed by atoms with Crippen LogP contribution in [0, 0.1) is 0 Å². The zero-order chi connectivity index (χ0) is 17.2. The third-order valence-corrected chi connectivity index (χ3v) is 6.57. The Hall–Kier alpha value is -0.990. The summed E-state index contributed by atoms with van der Waals surface area (Å²) in [6.07, 6.45) is 1.76. The first kappa shape index (κ1) is 17.8. The molecule has 0 N–H and O–H groups in total. The van der Waals surface area contributed by atoms with Crippen LogP contribution in [0.25, 0.3) is 0 Å². The molecule has 1 saturated heterocycles. The fraction of sp³-hybridized carbons (Fsp3) is 0.312. The van der Waals surface area contributed by atoms with Crippen LogP contribution in [0.15, 0.2) is 52.0 Å². The Morgan fingerprint density at radius 2 is 1.88 bits per heavy atom. The topological polar surface area (TPSA) is 53.5 Å². The number of pyridine rings is 1. The minimum absolute atomic E-state index is 0.326. The van der Waals surface area contributed by atoms with Crippen molar-refractivity contribution in [3.05, 3.63) is 57.8 Å². The molecule has 2 aromatic rings. The van der Waals surface area contributed by atoms with Gasteiger partial charge in [0.15, 0.2) is 0 Å². The Labute approximate surface area is 155 Å². The molecule has 128 valence electrons. The van der Waals surface area contributed by atoms with Gasteiger partial charge in [0.25, 0.3) is 0 Å². The number of rotatable bonds is 4. The van der Waals surface area contributed by atoms with Gasteiger partial charge in [-0.1, -0.05) is 39.7 Å². The highest BCUT2D eigenvalue weighted by atomic mass is 79.9. The van der Waals surface area contributed by atoms with Crippen LogP contribution in [-0.4, -0.2) is 48.8 Å². The van der Waals surface area contributed by atoms with Crippen LogP contribution in [0.1, 0.15) is 5.56 Å². The first-order valence-corrected chi connectivity index (χ1v) is 10.1. The van der Waals surface area contributed by atoms with E-state index in [-0.39, 0.29) is 0 Å². The lowest BCUT2D eigenvalue weighted by Crippen LogP contribution is -2.48. The second-order valence-electron chi connectivity index (χ2n) is 5.63. The molecule has 1 fully saturated rings. The molecule has 0 amide bonds. The number of benzene rings is 1. The monoisotopic (exact) mass is 429 g/mol. The summed E-state index contributed by atoms with van der Waals surface area (Å²) in [6.45, 7) is 3.09. The van der Waals surface area contributed by atoms with Gasteiger partial charge in [-0.15, -0.1) is 0 Å². The zero-order valence-corrected chi connectivity index (χ0v) is 16.1. The molecule has 0 saturated carbocycles. The maximum Gasteiger partial charge on any atom is 0.243 e. The molecule has 0 spiro atoms. The van der Waals surface area contributed by atoms with Crippen LogP contribution >= 0.6 is 27.5 Å². The highest BCUT2D eigenvalue weighted by Gasteiger charge is 2.28. The maximum absolute atomic E-state index is 12.7. The summed E-state index contributed by atoms with van der Waals surface area (Å²) in [5.41, 5.74) is 1.07. The van der Waals surface area contributed by atoms with Gasteiger partial charge in [-0.3, -0.25) is 4.90 Å². The van der Waals surface area contributed by atoms with Crippen molar-refractivity contribution in [3.8, 4) is 0 Å². The van der Waals surface area contributed by atoms with E-state index in [1.54, 1.807) is 34.8 Å². The highest BCUT2D eigenvalue weighted by molar-refractivity contribution is 9.10. The first-order valence-electron chi connectivity index (χ1n) is 7.54. The molecule has 0 unspecified atom stereocenters. The Morgan fingerprint density at radius 3 is 2.50 bits per heavy atom. The zero-order valence-electron chi connectivity index (χ0n) is 12.9. The van der Waals surface area contributed by atoms with E-state index >= 15 is 0 Å². The molecule has 3 rings (SSSR count). The largest absolute Gasteiger partial charge is 0.296 e. The standard InChI is InChI=1S/C16H17BrClN3O2S/c17-14-2-1-3-15(10-14)24(22,23)21-8-6-20(7-9-21)12-13-4-5-16(18)19-11-13/h1-5,10-11H,6-9,12H2. The third kappa shape index (κ3) is 4.15. The molecule has 8 heteroatoms. The molecule has 0 aliphatic carbocycles. The number of hydrogen-bond donors (Lipinski definition) is 0. The molecule has 0 bridgehead atoms. The SMILES string of the molecule is O=S(=O)(c1cccc(Br)c1)N1CCN(Cc2ccc(Cl)nc2)CC1. The van der Waals surface area contributed by atoms with Gasteiger partial charge in [0.05, 0.1) is 4.90 Å². The van der Waals surface area contributed by atoms with Crippen molar-refractivity contribution in [2.45, 2.75) is 11.4 Å². The van der Waals surface area contributed by atoms with Crippen LogP contribution in [0.4, 0.5) is 0 Å². The molecule has 0 radical (unpaired) electrons. The second-order valence-corrected chi connectivity index (χ2v) is 8.87. The lowest BCUT2D eigenvalue weighted by molar-refractivity contribution is 0.181. The van der Waals surface area contributed by atoms with Crippen molar-refractivity contribution < 1.29 is 8.42 Å². The molecule has 1 aromatic carbocycles. The summed E-state index contributed by atoms with van der Waals surface area (Å²) in [5, 5.41) is 0.476. The smallest absolute Gasteiger partial charge is 0.243 e. The third-order valence-electron chi connectivity index (χ3n) is 3.96. The van der Waals surface area contributed by atoms with Crippen molar-refractivity contribution in [2.75, 3.05) is 26.2 Å². The number of piperazine rings is 1. The lowest BCUT2D eigenvalue weighted by Gasteiger charge is -2.34. The maximum atomic E-state index is 12.7. The van der Waals surface area contributed by atoms with Gasteiger partial charge < -0.3 is 0 Å². The minimum atomic E-state index is -3.44. The van der Waals surface area contributed by atoms with Crippen LogP contribution in [0.5, 0.6) is 0 Å². The van der Waals surface area contributed by atoms with Crippen molar-refractivity contribution >= 4 is 37.6 Å². The quantitative estimate of drug-likeness (QED) is 0.700. The van der Waals surface area contributed by atoms with E-state index < -0.39 is 10.0 Å². The molecule has 5 nitrogen and oxygen atoms in total. The predicted molar refractivity (Wildman–Crippen MR) is 97.4 cm³/mol. The van der Waals surface area contributed by atoms with Gasteiger partial charge >= 0.3 is 0 Å². The van der Waals surface area contributed by atoms with Crippen LogP contribution < -0.4 is 0 Å². The number of hydrogen-bond acceptors (Lipinski definition) is 4. The Kier molecular flexibility index (Phi) is 5.56. The van der Waals surface area contributed by atoms with Crippen LogP contribution in [-0.2, 0) is 16.6 Å². The van der Waals surface area contributed by atoms with E-state index in [4.69, 9.17) is 11.6 Å². The molecular formula is C16H17BrClN3O2S. The van der Waals surface area contributed by atoms with Crippen LogP contribution in [0.3, 0.4) is 0 Å². The average molecular weight is 431 g/mol. The molecule has 2 heterocycles. The van der Waals surface area contributed by atoms with E-state index in [2.05, 4.69) is 25.8 Å². The van der Waals surface area contributed by atoms with Crippen molar-refractivity contribution in [1.29, 1.82) is 0 Å². The Balaban J connectivity index is 1.63. The van der Waals surface area contributed by atoms with E-state index in [1.165, 1.54) is 0 Å². The summed E-state index contributed by atoms with van der Waals surface area (Å²) in [6, 6.07) is 10.5. The number of halogens is 2. The number of nitrogens with zero attached hydrogens (tertiary/aromatic N) is 3. The van der Waals surface area contributed by atoms with Gasteiger partial charge in [0.2, 0.25) is 10.0 Å². The second kappa shape index (κ2) is 7.49. The molecule has 1 aromatic heterocycles.